The van der Waals surface area contributed by atoms with Crippen molar-refractivity contribution in [2.24, 2.45) is 5.73 Å². The van der Waals surface area contributed by atoms with Gasteiger partial charge in [-0.25, -0.2) is 4.98 Å². The van der Waals surface area contributed by atoms with Gasteiger partial charge in [0.2, 0.25) is 0 Å². The monoisotopic (exact) mass is 215 g/mol. The number of benzene rings is 1. The molecule has 0 radical (unpaired) electrons. The summed E-state index contributed by atoms with van der Waals surface area (Å²) in [4.78, 5) is 4.52. The number of fused-ring (bicyclic) bond motifs is 1. The summed E-state index contributed by atoms with van der Waals surface area (Å²) in [6.45, 7) is 3.59. The zero-order chi connectivity index (χ0) is 11.4. The summed E-state index contributed by atoms with van der Waals surface area (Å²) >= 11 is 0. The fraction of sp³-hybridized carbons (Fsp3) is 0.308. The molecule has 1 aromatic carbocycles. The number of hydrogen-bond donors (Lipinski definition) is 2. The molecule has 0 fully saturated rings. The van der Waals surface area contributed by atoms with Crippen LogP contribution >= 0.6 is 0 Å². The molecule has 1 aromatic heterocycles. The van der Waals surface area contributed by atoms with Crippen LogP contribution in [-0.2, 0) is 0 Å². The van der Waals surface area contributed by atoms with E-state index in [4.69, 9.17) is 5.73 Å². The first kappa shape index (κ1) is 10.9. The molecule has 0 spiro atoms. The molecular weight excluding hydrogens is 198 g/mol. The van der Waals surface area contributed by atoms with Crippen molar-refractivity contribution < 1.29 is 0 Å². The van der Waals surface area contributed by atoms with Crippen LogP contribution < -0.4 is 11.1 Å². The van der Waals surface area contributed by atoms with E-state index < -0.39 is 0 Å². The first-order chi connectivity index (χ1) is 7.81. The molecule has 3 nitrogen and oxygen atoms in total. The Labute approximate surface area is 95.7 Å². The number of anilines is 1. The zero-order valence-corrected chi connectivity index (χ0v) is 9.53. The lowest BCUT2D eigenvalue weighted by molar-refractivity contribution is 0.870. The van der Waals surface area contributed by atoms with Gasteiger partial charge in [-0.3, -0.25) is 0 Å². The van der Waals surface area contributed by atoms with Gasteiger partial charge < -0.3 is 11.1 Å². The fourth-order valence-electron chi connectivity index (χ4n) is 1.78. The highest BCUT2D eigenvalue weighted by Gasteiger charge is 2.02. The Hall–Kier alpha value is -1.61. The van der Waals surface area contributed by atoms with E-state index in [0.717, 1.165) is 24.5 Å². The van der Waals surface area contributed by atoms with Crippen LogP contribution in [0.25, 0.3) is 10.8 Å². The third kappa shape index (κ3) is 2.31. The predicted molar refractivity (Wildman–Crippen MR) is 68.6 cm³/mol. The number of nitrogens with one attached hydrogen (secondary N) is 1. The van der Waals surface area contributed by atoms with Crippen molar-refractivity contribution in [2.75, 3.05) is 18.4 Å². The van der Waals surface area contributed by atoms with E-state index in [1.807, 2.05) is 19.1 Å². The highest BCUT2D eigenvalue weighted by atomic mass is 15.0. The zero-order valence-electron chi connectivity index (χ0n) is 9.53. The smallest absolute Gasteiger partial charge is 0.134 e. The maximum absolute atomic E-state index is 5.47. The Morgan fingerprint density at radius 1 is 1.31 bits per heavy atom. The minimum absolute atomic E-state index is 0.705. The standard InChI is InChI=1S/C13H17N3/c1-10-9-11-5-2-3-6-12(11)13(16-10)15-8-4-7-14/h2-3,5-6,9H,4,7-8,14H2,1H3,(H,15,16). The van der Waals surface area contributed by atoms with Crippen molar-refractivity contribution >= 4 is 16.6 Å². The van der Waals surface area contributed by atoms with Gasteiger partial charge in [-0.05, 0) is 31.3 Å². The molecular formula is C13H17N3. The lowest BCUT2D eigenvalue weighted by atomic mass is 10.1. The summed E-state index contributed by atoms with van der Waals surface area (Å²) in [6.07, 6.45) is 0.962. The van der Waals surface area contributed by atoms with Gasteiger partial charge in [-0.1, -0.05) is 24.3 Å². The van der Waals surface area contributed by atoms with Crippen molar-refractivity contribution in [2.45, 2.75) is 13.3 Å². The number of pyridine rings is 1. The molecule has 0 saturated carbocycles. The van der Waals surface area contributed by atoms with Gasteiger partial charge in [0.1, 0.15) is 5.82 Å². The molecule has 0 unspecified atom stereocenters. The van der Waals surface area contributed by atoms with Gasteiger partial charge in [-0.2, -0.15) is 0 Å². The van der Waals surface area contributed by atoms with E-state index in [9.17, 15) is 0 Å². The van der Waals surface area contributed by atoms with Gasteiger partial charge >= 0.3 is 0 Å². The quantitative estimate of drug-likeness (QED) is 0.769. The summed E-state index contributed by atoms with van der Waals surface area (Å²) in [7, 11) is 0. The Morgan fingerprint density at radius 3 is 2.94 bits per heavy atom. The molecule has 0 aliphatic heterocycles. The SMILES string of the molecule is Cc1cc2ccccc2c(NCCCN)n1. The maximum atomic E-state index is 5.47. The average Bonchev–Trinajstić information content (AvgIpc) is 2.29. The van der Waals surface area contributed by atoms with E-state index in [1.165, 1.54) is 10.8 Å². The number of aromatic nitrogens is 1. The third-order valence-corrected chi connectivity index (χ3v) is 2.54. The number of nitrogens with two attached hydrogens (primary N) is 1. The van der Waals surface area contributed by atoms with Crippen LogP contribution in [0.1, 0.15) is 12.1 Å². The van der Waals surface area contributed by atoms with Crippen molar-refractivity contribution in [3.8, 4) is 0 Å². The second-order valence-corrected chi connectivity index (χ2v) is 3.90. The first-order valence-corrected chi connectivity index (χ1v) is 5.61. The largest absolute Gasteiger partial charge is 0.370 e. The summed E-state index contributed by atoms with van der Waals surface area (Å²) < 4.78 is 0. The molecule has 3 heteroatoms. The molecule has 2 aromatic rings. The maximum Gasteiger partial charge on any atom is 0.134 e. The molecule has 0 atom stereocenters. The molecule has 1 heterocycles. The van der Waals surface area contributed by atoms with Crippen LogP contribution in [0, 0.1) is 6.92 Å². The molecule has 0 bridgehead atoms. The second-order valence-electron chi connectivity index (χ2n) is 3.90. The highest BCUT2D eigenvalue weighted by Crippen LogP contribution is 2.21. The molecule has 84 valence electrons. The summed E-state index contributed by atoms with van der Waals surface area (Å²) in [5.74, 6) is 0.962. The Kier molecular flexibility index (Phi) is 3.37. The number of nitrogens with zero attached hydrogens (tertiary/aromatic N) is 1. The Balaban J connectivity index is 2.34. The van der Waals surface area contributed by atoms with Crippen molar-refractivity contribution in [1.82, 2.24) is 4.98 Å². The van der Waals surface area contributed by atoms with Crippen LogP contribution in [0.2, 0.25) is 0 Å². The normalized spacial score (nSPS) is 10.6. The topological polar surface area (TPSA) is 50.9 Å². The van der Waals surface area contributed by atoms with Gasteiger partial charge in [0.25, 0.3) is 0 Å². The van der Waals surface area contributed by atoms with Crippen LogP contribution in [-0.4, -0.2) is 18.1 Å². The molecule has 0 aliphatic carbocycles. The van der Waals surface area contributed by atoms with E-state index in [2.05, 4.69) is 28.5 Å². The van der Waals surface area contributed by atoms with E-state index in [1.54, 1.807) is 0 Å². The van der Waals surface area contributed by atoms with Crippen LogP contribution in [0.4, 0.5) is 5.82 Å². The second kappa shape index (κ2) is 4.94. The van der Waals surface area contributed by atoms with Crippen LogP contribution in [0.15, 0.2) is 30.3 Å². The lowest BCUT2D eigenvalue weighted by Crippen LogP contribution is -2.09. The van der Waals surface area contributed by atoms with Gasteiger partial charge in [-0.15, -0.1) is 0 Å². The van der Waals surface area contributed by atoms with Gasteiger partial charge in [0, 0.05) is 17.6 Å². The van der Waals surface area contributed by atoms with E-state index in [0.29, 0.717) is 6.54 Å². The van der Waals surface area contributed by atoms with Gasteiger partial charge in [0.05, 0.1) is 0 Å². The highest BCUT2D eigenvalue weighted by molar-refractivity contribution is 5.92. The number of hydrogen-bond acceptors (Lipinski definition) is 3. The average molecular weight is 215 g/mol. The van der Waals surface area contributed by atoms with Crippen molar-refractivity contribution in [3.63, 3.8) is 0 Å². The van der Waals surface area contributed by atoms with Crippen molar-refractivity contribution in [1.29, 1.82) is 0 Å². The Bertz CT molecular complexity index is 480. The minimum Gasteiger partial charge on any atom is -0.370 e. The van der Waals surface area contributed by atoms with E-state index >= 15 is 0 Å². The summed E-state index contributed by atoms with van der Waals surface area (Å²) in [6, 6.07) is 10.4. The summed E-state index contributed by atoms with van der Waals surface area (Å²) in [5, 5.41) is 5.74. The van der Waals surface area contributed by atoms with Crippen molar-refractivity contribution in [3.05, 3.63) is 36.0 Å². The molecule has 0 aliphatic rings. The molecule has 2 rings (SSSR count). The number of aryl methyl sites for hydroxylation is 1. The molecule has 16 heavy (non-hydrogen) atoms. The lowest BCUT2D eigenvalue weighted by Gasteiger charge is -2.09. The summed E-state index contributed by atoms with van der Waals surface area (Å²) in [5.41, 5.74) is 6.51. The van der Waals surface area contributed by atoms with Crippen LogP contribution in [0.5, 0.6) is 0 Å². The third-order valence-electron chi connectivity index (χ3n) is 2.54. The molecule has 0 saturated heterocycles. The van der Waals surface area contributed by atoms with E-state index in [-0.39, 0.29) is 0 Å². The van der Waals surface area contributed by atoms with Gasteiger partial charge in [0.15, 0.2) is 0 Å². The molecule has 3 N–H and O–H groups in total. The minimum atomic E-state index is 0.705. The molecule has 0 amide bonds. The fourth-order valence-corrected chi connectivity index (χ4v) is 1.78. The predicted octanol–water partition coefficient (Wildman–Crippen LogP) is 2.30. The first-order valence-electron chi connectivity index (χ1n) is 5.61. The number of rotatable bonds is 4. The van der Waals surface area contributed by atoms with Crippen LogP contribution in [0.3, 0.4) is 0 Å². The Morgan fingerprint density at radius 2 is 2.12 bits per heavy atom.